The maximum Gasteiger partial charge on any atom is 0.213 e. The first-order valence-corrected chi connectivity index (χ1v) is 14.1. The molecular weight excluding hydrogens is 529 g/mol. The van der Waals surface area contributed by atoms with Gasteiger partial charge in [0.25, 0.3) is 0 Å². The van der Waals surface area contributed by atoms with Crippen molar-refractivity contribution >= 4 is 22.3 Å². The van der Waals surface area contributed by atoms with E-state index in [1.54, 1.807) is 19.1 Å². The highest BCUT2D eigenvalue weighted by Gasteiger charge is 2.54. The molecule has 1 atom stereocenters. The van der Waals surface area contributed by atoms with E-state index in [1.807, 2.05) is 16.9 Å². The number of rotatable bonds is 7. The highest BCUT2D eigenvalue weighted by Crippen LogP contribution is 2.55. The zero-order valence-electron chi connectivity index (χ0n) is 25.2. The number of hydrogen-bond acceptors (Lipinski definition) is 8. The minimum Gasteiger partial charge on any atom is -0.383 e. The Morgan fingerprint density at radius 2 is 1.79 bits per heavy atom. The number of nitriles is 2. The van der Waals surface area contributed by atoms with Gasteiger partial charge >= 0.3 is 0 Å². The molecule has 3 aromatic heterocycles. The second kappa shape index (κ2) is 10.4. The fourth-order valence-electron chi connectivity index (χ4n) is 5.48. The van der Waals surface area contributed by atoms with E-state index < -0.39 is 12.0 Å². The average molecular weight is 566 g/mol. The summed E-state index contributed by atoms with van der Waals surface area (Å²) in [5.74, 6) is -0.564. The number of nitrogens with zero attached hydrogens (tertiary/aromatic N) is 7. The van der Waals surface area contributed by atoms with Gasteiger partial charge in [-0.15, -0.1) is 5.10 Å². The van der Waals surface area contributed by atoms with Crippen LogP contribution in [-0.2, 0) is 5.54 Å². The van der Waals surface area contributed by atoms with Crippen molar-refractivity contribution in [1.29, 1.82) is 10.5 Å². The van der Waals surface area contributed by atoms with E-state index in [0.717, 1.165) is 18.4 Å². The molecule has 42 heavy (non-hydrogen) atoms. The molecule has 0 saturated heterocycles. The van der Waals surface area contributed by atoms with E-state index in [4.69, 9.17) is 0 Å². The first-order chi connectivity index (χ1) is 19.8. The third-order valence-corrected chi connectivity index (χ3v) is 8.09. The molecule has 1 aliphatic carbocycles. The Kier molecular flexibility index (Phi) is 7.14. The topological polar surface area (TPSA) is 128 Å². The van der Waals surface area contributed by atoms with Crippen LogP contribution in [-0.4, -0.2) is 31.5 Å². The lowest BCUT2D eigenvalue weighted by atomic mass is 9.84. The SMILES string of the molecule is Cc1nc(F)ccc1[C@H](Nc1cc(C#N)c2ncc(C#N)c(NCC(C)(C)C)c2c1)c1cn(C2(C(C)(C)C)CC2)nn1. The van der Waals surface area contributed by atoms with Crippen molar-refractivity contribution in [3.05, 3.63) is 70.7 Å². The molecule has 0 spiro atoms. The Hall–Kier alpha value is -4.57. The quantitative estimate of drug-likeness (QED) is 0.240. The van der Waals surface area contributed by atoms with Crippen LogP contribution in [0.3, 0.4) is 0 Å². The number of aromatic nitrogens is 5. The minimum absolute atomic E-state index is 0.00378. The Labute approximate surface area is 245 Å². The van der Waals surface area contributed by atoms with Crippen LogP contribution in [0, 0.1) is 46.4 Å². The van der Waals surface area contributed by atoms with Gasteiger partial charge in [0, 0.05) is 35.1 Å². The monoisotopic (exact) mass is 565 g/mol. The van der Waals surface area contributed by atoms with Crippen molar-refractivity contribution in [2.45, 2.75) is 72.9 Å². The lowest BCUT2D eigenvalue weighted by molar-refractivity contribution is 0.195. The highest BCUT2D eigenvalue weighted by molar-refractivity contribution is 5.99. The summed E-state index contributed by atoms with van der Waals surface area (Å²) >= 11 is 0. The number of fused-ring (bicyclic) bond motifs is 1. The van der Waals surface area contributed by atoms with E-state index >= 15 is 0 Å². The van der Waals surface area contributed by atoms with E-state index in [9.17, 15) is 14.9 Å². The lowest BCUT2D eigenvalue weighted by Gasteiger charge is -2.30. The van der Waals surface area contributed by atoms with Crippen LogP contribution in [0.25, 0.3) is 10.9 Å². The van der Waals surface area contributed by atoms with Crippen LogP contribution in [0.5, 0.6) is 0 Å². The zero-order chi connectivity index (χ0) is 30.4. The molecule has 1 aromatic carbocycles. The van der Waals surface area contributed by atoms with Crippen LogP contribution in [0.4, 0.5) is 15.8 Å². The van der Waals surface area contributed by atoms with Crippen molar-refractivity contribution in [1.82, 2.24) is 25.0 Å². The first-order valence-electron chi connectivity index (χ1n) is 14.1. The third-order valence-electron chi connectivity index (χ3n) is 8.09. The summed E-state index contributed by atoms with van der Waals surface area (Å²) < 4.78 is 16.0. The van der Waals surface area contributed by atoms with Gasteiger partial charge in [0.15, 0.2) is 0 Å². The van der Waals surface area contributed by atoms with Gasteiger partial charge in [-0.25, -0.2) is 9.67 Å². The number of anilines is 2. The molecule has 0 unspecified atom stereocenters. The largest absolute Gasteiger partial charge is 0.383 e. The van der Waals surface area contributed by atoms with Gasteiger partial charge in [-0.3, -0.25) is 4.98 Å². The highest BCUT2D eigenvalue weighted by atomic mass is 19.1. The molecule has 0 radical (unpaired) electrons. The van der Waals surface area contributed by atoms with Gasteiger partial charge in [-0.2, -0.15) is 14.9 Å². The second-order valence-corrected chi connectivity index (χ2v) is 13.4. The van der Waals surface area contributed by atoms with Crippen molar-refractivity contribution in [3.63, 3.8) is 0 Å². The lowest BCUT2D eigenvalue weighted by Crippen LogP contribution is -2.33. The molecule has 0 bridgehead atoms. The smallest absolute Gasteiger partial charge is 0.213 e. The van der Waals surface area contributed by atoms with Crippen LogP contribution < -0.4 is 10.6 Å². The third kappa shape index (κ3) is 5.37. The van der Waals surface area contributed by atoms with Crippen LogP contribution in [0.1, 0.15) is 88.5 Å². The molecule has 1 saturated carbocycles. The van der Waals surface area contributed by atoms with Gasteiger partial charge in [0.2, 0.25) is 5.95 Å². The molecular formula is C32H36FN9. The molecule has 2 N–H and O–H groups in total. The average Bonchev–Trinajstić information content (AvgIpc) is 3.61. The fraction of sp³-hybridized carbons (Fsp3) is 0.438. The molecule has 9 nitrogen and oxygen atoms in total. The predicted octanol–water partition coefficient (Wildman–Crippen LogP) is 6.61. The Bertz CT molecular complexity index is 1740. The predicted molar refractivity (Wildman–Crippen MR) is 160 cm³/mol. The summed E-state index contributed by atoms with van der Waals surface area (Å²) in [4.78, 5) is 8.52. The summed E-state index contributed by atoms with van der Waals surface area (Å²) in [6, 6.07) is 10.6. The Balaban J connectivity index is 1.64. The molecule has 1 aliphatic rings. The first kappa shape index (κ1) is 28.9. The number of halogens is 1. The van der Waals surface area contributed by atoms with E-state index in [-0.39, 0.29) is 16.4 Å². The number of pyridine rings is 2. The Morgan fingerprint density at radius 3 is 2.38 bits per heavy atom. The molecule has 1 fully saturated rings. The number of nitrogens with one attached hydrogen (secondary N) is 2. The van der Waals surface area contributed by atoms with Gasteiger partial charge < -0.3 is 10.6 Å². The summed E-state index contributed by atoms with van der Waals surface area (Å²) in [6.45, 7) is 15.3. The Morgan fingerprint density at radius 1 is 1.07 bits per heavy atom. The maximum atomic E-state index is 14.0. The molecule has 4 aromatic rings. The van der Waals surface area contributed by atoms with Gasteiger partial charge in [-0.1, -0.05) is 52.8 Å². The minimum atomic E-state index is -0.564. The molecule has 3 heterocycles. The summed E-state index contributed by atoms with van der Waals surface area (Å²) in [6.07, 6.45) is 5.49. The molecule has 10 heteroatoms. The molecule has 0 amide bonds. The van der Waals surface area contributed by atoms with Gasteiger partial charge in [0.05, 0.1) is 40.1 Å². The van der Waals surface area contributed by atoms with E-state index in [2.05, 4.69) is 84.6 Å². The van der Waals surface area contributed by atoms with E-state index in [1.165, 1.54) is 12.3 Å². The number of aryl methyl sites for hydroxylation is 1. The number of benzene rings is 1. The fourth-order valence-corrected chi connectivity index (χ4v) is 5.48. The molecule has 5 rings (SSSR count). The zero-order valence-corrected chi connectivity index (χ0v) is 25.2. The second-order valence-electron chi connectivity index (χ2n) is 13.4. The molecule has 0 aliphatic heterocycles. The van der Waals surface area contributed by atoms with Crippen molar-refractivity contribution in [2.75, 3.05) is 17.2 Å². The molecule has 216 valence electrons. The van der Waals surface area contributed by atoms with Crippen molar-refractivity contribution in [3.8, 4) is 12.1 Å². The normalized spacial score (nSPS) is 15.1. The van der Waals surface area contributed by atoms with Crippen molar-refractivity contribution in [2.24, 2.45) is 10.8 Å². The number of hydrogen-bond donors (Lipinski definition) is 2. The van der Waals surface area contributed by atoms with Crippen LogP contribution in [0.2, 0.25) is 0 Å². The van der Waals surface area contributed by atoms with Crippen LogP contribution in [0.15, 0.2) is 36.7 Å². The van der Waals surface area contributed by atoms with Crippen LogP contribution >= 0.6 is 0 Å². The van der Waals surface area contributed by atoms with Gasteiger partial charge in [-0.05, 0) is 48.8 Å². The maximum absolute atomic E-state index is 14.0. The van der Waals surface area contributed by atoms with Gasteiger partial charge in [0.1, 0.15) is 17.8 Å². The summed E-state index contributed by atoms with van der Waals surface area (Å²) in [7, 11) is 0. The summed E-state index contributed by atoms with van der Waals surface area (Å²) in [5.41, 5.74) is 4.24. The van der Waals surface area contributed by atoms with Crippen molar-refractivity contribution < 1.29 is 4.39 Å². The standard InChI is InChI=1S/C32H36FN9/c1-19-23(8-9-26(33)38-19)29(25-17-42(41-40-25)32(10-11-32)31(5,6)7)39-22-12-20(14-34)27-24(13-22)28(21(15-35)16-36-27)37-18-30(2,3)4/h8-9,12-13,16-17,29,39H,10-11,18H2,1-7H3,(H,36,37)/t29-/m0/s1. The van der Waals surface area contributed by atoms with E-state index in [0.29, 0.717) is 51.3 Å². The summed E-state index contributed by atoms with van der Waals surface area (Å²) in [5, 5.41) is 36.7.